The molecule has 5 atom stereocenters. The van der Waals surface area contributed by atoms with Gasteiger partial charge < -0.3 is 33.8 Å². The van der Waals surface area contributed by atoms with Gasteiger partial charge in [-0.15, -0.1) is 0 Å². The summed E-state index contributed by atoms with van der Waals surface area (Å²) in [6.45, 7) is 4.69. The number of phosphoric acid groups is 2. The van der Waals surface area contributed by atoms with Crippen molar-refractivity contribution in [2.24, 2.45) is 0 Å². The summed E-state index contributed by atoms with van der Waals surface area (Å²) in [5.41, 5.74) is 0. The van der Waals surface area contributed by atoms with E-state index in [0.717, 1.165) is 154 Å². The summed E-state index contributed by atoms with van der Waals surface area (Å²) in [4.78, 5) is 73.0. The van der Waals surface area contributed by atoms with E-state index in [0.29, 0.717) is 32.1 Å². The summed E-state index contributed by atoms with van der Waals surface area (Å²) in [7, 11) is -9.99. The Morgan fingerprint density at radius 1 is 0.269 bits per heavy atom. The Hall–Kier alpha value is -4.54. The minimum Gasteiger partial charge on any atom is -0.462 e. The third-order valence-electron chi connectivity index (χ3n) is 16.9. The molecule has 0 aromatic heterocycles. The predicted octanol–water partition coefficient (Wildman–Crippen LogP) is 23.9. The van der Waals surface area contributed by atoms with Crippen LogP contribution in [0.3, 0.4) is 0 Å². The highest BCUT2D eigenvalue weighted by Gasteiger charge is 2.30. The largest absolute Gasteiger partial charge is 0.472 e. The number of carbonyl (C=O) groups excluding carboxylic acids is 4. The number of carbonyl (C=O) groups is 4. The smallest absolute Gasteiger partial charge is 0.462 e. The van der Waals surface area contributed by atoms with Crippen molar-refractivity contribution >= 4 is 39.5 Å². The molecular formula is C85H146O17P2. The van der Waals surface area contributed by atoms with Crippen molar-refractivity contribution in [1.29, 1.82) is 0 Å². The molecule has 0 rings (SSSR count). The summed E-state index contributed by atoms with van der Waals surface area (Å²) in [5, 5.41) is 10.6. The van der Waals surface area contributed by atoms with E-state index in [2.05, 4.69) is 137 Å². The van der Waals surface area contributed by atoms with Gasteiger partial charge in [0.05, 0.1) is 26.4 Å². The fourth-order valence-electron chi connectivity index (χ4n) is 10.6. The third-order valence-corrected chi connectivity index (χ3v) is 18.8. The Balaban J connectivity index is 5.45. The number of aliphatic hydroxyl groups is 1. The molecule has 0 aliphatic carbocycles. The fourth-order valence-corrected chi connectivity index (χ4v) is 12.2. The number of phosphoric ester groups is 2. The van der Waals surface area contributed by atoms with Crippen LogP contribution >= 0.6 is 15.6 Å². The maximum absolute atomic E-state index is 13.1. The van der Waals surface area contributed by atoms with Crippen LogP contribution in [0.4, 0.5) is 0 Å². The quantitative estimate of drug-likeness (QED) is 0.0169. The number of hydrogen-bond acceptors (Lipinski definition) is 15. The molecule has 0 fully saturated rings. The number of aliphatic hydroxyl groups excluding tert-OH is 1. The van der Waals surface area contributed by atoms with Gasteiger partial charge >= 0.3 is 39.5 Å². The Morgan fingerprint density at radius 2 is 0.490 bits per heavy atom. The van der Waals surface area contributed by atoms with Crippen molar-refractivity contribution in [3.63, 3.8) is 0 Å². The van der Waals surface area contributed by atoms with Crippen LogP contribution in [-0.2, 0) is 65.4 Å². The highest BCUT2D eigenvalue weighted by atomic mass is 31.2. The average molecular weight is 1500 g/mol. The second-order valence-corrected chi connectivity index (χ2v) is 29.9. The lowest BCUT2D eigenvalue weighted by atomic mass is 10.1. The van der Waals surface area contributed by atoms with E-state index in [4.69, 9.17) is 37.0 Å². The number of hydrogen-bond donors (Lipinski definition) is 3. The maximum atomic E-state index is 13.1. The van der Waals surface area contributed by atoms with Crippen molar-refractivity contribution in [3.8, 4) is 0 Å². The molecule has 17 nitrogen and oxygen atoms in total. The molecule has 3 N–H and O–H groups in total. The zero-order valence-corrected chi connectivity index (χ0v) is 67.2. The van der Waals surface area contributed by atoms with Crippen LogP contribution in [0.25, 0.3) is 0 Å². The van der Waals surface area contributed by atoms with Gasteiger partial charge in [-0.25, -0.2) is 9.13 Å². The third kappa shape index (κ3) is 75.7. The molecule has 0 heterocycles. The van der Waals surface area contributed by atoms with Gasteiger partial charge in [-0.2, -0.15) is 0 Å². The Morgan fingerprint density at radius 3 is 0.808 bits per heavy atom. The van der Waals surface area contributed by atoms with Gasteiger partial charge in [-0.1, -0.05) is 278 Å². The van der Waals surface area contributed by atoms with Gasteiger partial charge in [0.1, 0.15) is 19.3 Å². The maximum Gasteiger partial charge on any atom is 0.472 e. The van der Waals surface area contributed by atoms with Gasteiger partial charge in [0, 0.05) is 25.7 Å². The first-order valence-electron chi connectivity index (χ1n) is 40.8. The van der Waals surface area contributed by atoms with E-state index in [9.17, 15) is 43.2 Å². The number of rotatable bonds is 76. The molecule has 2 unspecified atom stereocenters. The van der Waals surface area contributed by atoms with Crippen molar-refractivity contribution in [1.82, 2.24) is 0 Å². The van der Waals surface area contributed by atoms with Crippen LogP contribution in [0.15, 0.2) is 122 Å². The lowest BCUT2D eigenvalue weighted by molar-refractivity contribution is -0.161. The van der Waals surface area contributed by atoms with Crippen molar-refractivity contribution < 1.29 is 80.2 Å². The Kier molecular flexibility index (Phi) is 73.3. The molecular weight excluding hydrogens is 1350 g/mol. The first-order chi connectivity index (χ1) is 50.7. The van der Waals surface area contributed by atoms with Gasteiger partial charge in [-0.05, 0) is 154 Å². The fraction of sp³-hybridized carbons (Fsp3) is 0.718. The lowest BCUT2D eigenvalue weighted by Gasteiger charge is -2.21. The lowest BCUT2D eigenvalue weighted by Crippen LogP contribution is -2.30. The van der Waals surface area contributed by atoms with E-state index < -0.39 is 97.5 Å². The van der Waals surface area contributed by atoms with Crippen molar-refractivity contribution in [3.05, 3.63) is 122 Å². The summed E-state index contributed by atoms with van der Waals surface area (Å²) in [6.07, 6.45) is 84.7. The number of esters is 4. The highest BCUT2D eigenvalue weighted by Crippen LogP contribution is 2.45. The Labute approximate surface area is 632 Å². The molecule has 19 heteroatoms. The van der Waals surface area contributed by atoms with Gasteiger partial charge in [0.25, 0.3) is 0 Å². The van der Waals surface area contributed by atoms with E-state index in [1.807, 2.05) is 12.2 Å². The average Bonchev–Trinajstić information content (AvgIpc) is 0.918. The molecule has 0 amide bonds. The van der Waals surface area contributed by atoms with Gasteiger partial charge in [-0.3, -0.25) is 37.3 Å². The molecule has 0 aromatic carbocycles. The second-order valence-electron chi connectivity index (χ2n) is 27.0. The number of unbranched alkanes of at least 4 members (excludes halogenated alkanes) is 30. The predicted molar refractivity (Wildman–Crippen MR) is 427 cm³/mol. The van der Waals surface area contributed by atoms with Crippen LogP contribution in [0.5, 0.6) is 0 Å². The minimum atomic E-state index is -5.00. The minimum absolute atomic E-state index is 0.0328. The van der Waals surface area contributed by atoms with Crippen LogP contribution in [0.1, 0.15) is 336 Å². The summed E-state index contributed by atoms with van der Waals surface area (Å²) >= 11 is 0. The summed E-state index contributed by atoms with van der Waals surface area (Å²) in [6, 6.07) is 0. The van der Waals surface area contributed by atoms with E-state index in [-0.39, 0.29) is 25.7 Å². The molecule has 0 aliphatic rings. The molecule has 0 aliphatic heterocycles. The zero-order chi connectivity index (χ0) is 76.0. The molecule has 0 saturated heterocycles. The molecule has 598 valence electrons. The standard InChI is InChI=1S/C85H146O17P2/c1-5-9-13-17-21-25-29-33-37-38-39-40-44-46-50-54-58-62-66-70-83(88)96-76-81(102-85(90)72-68-64-60-56-52-48-43-36-32-28-24-20-16-12-8-4)78-100-104(93,94)98-74-79(86)73-97-103(91,92)99-77-80(101-84(89)71-67-63-59-55-51-47-42-35-31-27-23-19-15-11-7-3)75-95-82(87)69-65-61-57-53-49-45-41-34-30-26-22-18-14-10-6-2/h21-22,24-26,28,33-37,39-43,46,50,58,62,79-81,86H,5-20,23,27,29-32,38,44-45,47-49,51-57,59-61,63-78H2,1-4H3,(H,91,92)(H,93,94)/b25-21-,26-22-,28-24-,37-33-,40-39-,41-34-,42-35-,43-36-,50-46-,62-58-/t79-,80+,81+/m0/s1. The van der Waals surface area contributed by atoms with E-state index in [1.165, 1.54) is 96.3 Å². The van der Waals surface area contributed by atoms with Gasteiger partial charge in [0.15, 0.2) is 12.2 Å². The topological polar surface area (TPSA) is 237 Å². The number of ether oxygens (including phenoxy) is 4. The Bertz CT molecular complexity index is 2440. The number of allylic oxidation sites excluding steroid dienone is 20. The summed E-state index contributed by atoms with van der Waals surface area (Å²) in [5.74, 6) is -2.30. The van der Waals surface area contributed by atoms with Crippen LogP contribution in [0, 0.1) is 0 Å². The normalized spacial score (nSPS) is 14.5. The van der Waals surface area contributed by atoms with Crippen molar-refractivity contribution in [2.75, 3.05) is 39.6 Å². The summed E-state index contributed by atoms with van der Waals surface area (Å²) < 4.78 is 68.5. The van der Waals surface area contributed by atoms with Crippen molar-refractivity contribution in [2.45, 2.75) is 354 Å². The monoisotopic (exact) mass is 1500 g/mol. The molecule has 0 radical (unpaired) electrons. The SMILES string of the molecule is CCCCC/C=C\C/C=C\C/C=C\C/C=C\C/C=C\CCC(=O)OC[C@H](COP(=O)(O)OC[C@@H](O)COP(=O)(O)OC[C@@H](COC(=O)CCCCCCC/C=C\C/C=C\CCCCC)OC(=O)CCCCCCC/C=C\CCCCCCCC)OC(=O)CCCCCCC/C=C\C/C=C\CCCCC. The second kappa shape index (κ2) is 76.6. The van der Waals surface area contributed by atoms with E-state index in [1.54, 1.807) is 0 Å². The molecule has 0 spiro atoms. The van der Waals surface area contributed by atoms with Crippen LogP contribution in [-0.4, -0.2) is 96.7 Å². The zero-order valence-electron chi connectivity index (χ0n) is 65.4. The molecule has 0 aromatic rings. The molecule has 0 bridgehead atoms. The van der Waals surface area contributed by atoms with Gasteiger partial charge in [0.2, 0.25) is 0 Å². The first kappa shape index (κ1) is 99.5. The first-order valence-corrected chi connectivity index (χ1v) is 43.8. The molecule has 0 saturated carbocycles. The van der Waals surface area contributed by atoms with Crippen LogP contribution in [0.2, 0.25) is 0 Å². The molecule has 104 heavy (non-hydrogen) atoms. The van der Waals surface area contributed by atoms with Crippen LogP contribution < -0.4 is 0 Å². The van der Waals surface area contributed by atoms with E-state index >= 15 is 0 Å². The highest BCUT2D eigenvalue weighted by molar-refractivity contribution is 7.47.